The van der Waals surface area contributed by atoms with Gasteiger partial charge in [0.15, 0.2) is 0 Å². The van der Waals surface area contributed by atoms with Gasteiger partial charge in [-0.05, 0) is 43.2 Å². The highest BCUT2D eigenvalue weighted by atomic mass is 16.4. The maximum atomic E-state index is 11.4. The van der Waals surface area contributed by atoms with E-state index in [2.05, 4.69) is 23.4 Å². The van der Waals surface area contributed by atoms with Gasteiger partial charge in [0.05, 0.1) is 22.9 Å². The molecule has 0 spiro atoms. The quantitative estimate of drug-likeness (QED) is 0.902. The van der Waals surface area contributed by atoms with Crippen molar-refractivity contribution in [1.29, 1.82) is 0 Å². The van der Waals surface area contributed by atoms with E-state index in [1.165, 1.54) is 12.8 Å². The number of imidazole rings is 1. The summed E-state index contributed by atoms with van der Waals surface area (Å²) < 4.78 is 2.08. The van der Waals surface area contributed by atoms with Crippen LogP contribution in [-0.2, 0) is 0 Å². The Hall–Kier alpha value is -1.84. The van der Waals surface area contributed by atoms with E-state index < -0.39 is 5.97 Å². The molecule has 106 valence electrons. The summed E-state index contributed by atoms with van der Waals surface area (Å²) >= 11 is 0. The Labute approximate surface area is 118 Å². The van der Waals surface area contributed by atoms with Gasteiger partial charge < -0.3 is 9.67 Å². The zero-order valence-corrected chi connectivity index (χ0v) is 12.0. The number of carboxylic acids is 1. The fourth-order valence-corrected chi connectivity index (χ4v) is 3.20. The standard InChI is InChI=1S/C16H20N2O2/c1-16(2)8-6-11(7-9-16)18-10-17-13-5-3-4-12(14(13)18)15(19)20/h3-5,10-11H,6-9H2,1-2H3,(H,19,20). The smallest absolute Gasteiger partial charge is 0.337 e. The summed E-state index contributed by atoms with van der Waals surface area (Å²) in [6, 6.07) is 5.67. The first-order valence-electron chi connectivity index (χ1n) is 7.17. The number of hydrogen-bond acceptors (Lipinski definition) is 2. The molecule has 1 heterocycles. The Kier molecular flexibility index (Phi) is 3.04. The van der Waals surface area contributed by atoms with Crippen LogP contribution in [0.25, 0.3) is 11.0 Å². The number of carboxylic acid groups (broad SMARTS) is 1. The fourth-order valence-electron chi connectivity index (χ4n) is 3.20. The Balaban J connectivity index is 2.02. The molecule has 2 aromatic rings. The van der Waals surface area contributed by atoms with Crippen molar-refractivity contribution in [2.45, 2.75) is 45.6 Å². The molecule has 1 fully saturated rings. The molecule has 3 rings (SSSR count). The molecular formula is C16H20N2O2. The van der Waals surface area contributed by atoms with Gasteiger partial charge in [-0.15, -0.1) is 0 Å². The van der Waals surface area contributed by atoms with E-state index >= 15 is 0 Å². The second-order valence-electron chi connectivity index (χ2n) is 6.53. The second kappa shape index (κ2) is 4.62. The summed E-state index contributed by atoms with van der Waals surface area (Å²) in [4.78, 5) is 15.8. The van der Waals surface area contributed by atoms with Crippen LogP contribution in [0.2, 0.25) is 0 Å². The molecule has 1 aromatic carbocycles. The minimum absolute atomic E-state index is 0.352. The van der Waals surface area contributed by atoms with E-state index in [4.69, 9.17) is 0 Å². The Morgan fingerprint density at radius 2 is 2.05 bits per heavy atom. The SMILES string of the molecule is CC1(C)CCC(n2cnc3cccc(C(=O)O)c32)CC1. The number of nitrogens with zero attached hydrogens (tertiary/aromatic N) is 2. The van der Waals surface area contributed by atoms with Crippen LogP contribution in [0, 0.1) is 5.41 Å². The van der Waals surface area contributed by atoms with Gasteiger partial charge in [0.25, 0.3) is 0 Å². The molecule has 0 radical (unpaired) electrons. The van der Waals surface area contributed by atoms with Crippen molar-refractivity contribution >= 4 is 17.0 Å². The highest BCUT2D eigenvalue weighted by Crippen LogP contribution is 2.41. The number of fused-ring (bicyclic) bond motifs is 1. The van der Waals surface area contributed by atoms with Gasteiger partial charge >= 0.3 is 5.97 Å². The van der Waals surface area contributed by atoms with Crippen LogP contribution in [-0.4, -0.2) is 20.6 Å². The lowest BCUT2D eigenvalue weighted by atomic mass is 9.75. The summed E-state index contributed by atoms with van der Waals surface area (Å²) in [6.07, 6.45) is 6.33. The normalized spacial score (nSPS) is 19.3. The molecule has 0 atom stereocenters. The zero-order valence-electron chi connectivity index (χ0n) is 12.0. The average Bonchev–Trinajstić information content (AvgIpc) is 2.82. The third kappa shape index (κ3) is 2.19. The Morgan fingerprint density at radius 1 is 1.35 bits per heavy atom. The molecule has 20 heavy (non-hydrogen) atoms. The minimum atomic E-state index is -0.881. The highest BCUT2D eigenvalue weighted by molar-refractivity contribution is 6.01. The molecule has 1 aromatic heterocycles. The lowest BCUT2D eigenvalue weighted by molar-refractivity contribution is 0.0698. The van der Waals surface area contributed by atoms with E-state index in [0.29, 0.717) is 17.0 Å². The van der Waals surface area contributed by atoms with Crippen molar-refractivity contribution in [1.82, 2.24) is 9.55 Å². The molecule has 1 aliphatic rings. The molecule has 1 aliphatic carbocycles. The van der Waals surface area contributed by atoms with Gasteiger partial charge in [-0.25, -0.2) is 9.78 Å². The molecule has 0 aliphatic heterocycles. The summed E-state index contributed by atoms with van der Waals surface area (Å²) in [5.74, 6) is -0.881. The van der Waals surface area contributed by atoms with Crippen molar-refractivity contribution in [2.75, 3.05) is 0 Å². The molecule has 0 amide bonds. The number of para-hydroxylation sites is 1. The Bertz CT molecular complexity index is 648. The topological polar surface area (TPSA) is 55.1 Å². The maximum absolute atomic E-state index is 11.4. The molecular weight excluding hydrogens is 252 g/mol. The van der Waals surface area contributed by atoms with Crippen LogP contribution in [0.1, 0.15) is 55.9 Å². The van der Waals surface area contributed by atoms with Crippen LogP contribution in [0.4, 0.5) is 0 Å². The van der Waals surface area contributed by atoms with Crippen LogP contribution in [0.5, 0.6) is 0 Å². The lowest BCUT2D eigenvalue weighted by Gasteiger charge is -2.35. The number of carbonyl (C=O) groups is 1. The first-order chi connectivity index (χ1) is 9.48. The summed E-state index contributed by atoms with van der Waals surface area (Å²) in [6.45, 7) is 4.61. The average molecular weight is 272 g/mol. The molecule has 0 bridgehead atoms. The van der Waals surface area contributed by atoms with Crippen molar-refractivity contribution in [3.05, 3.63) is 30.1 Å². The second-order valence-corrected chi connectivity index (χ2v) is 6.53. The first-order valence-corrected chi connectivity index (χ1v) is 7.17. The Morgan fingerprint density at radius 3 is 2.70 bits per heavy atom. The van der Waals surface area contributed by atoms with E-state index in [-0.39, 0.29) is 0 Å². The van der Waals surface area contributed by atoms with Crippen LogP contribution < -0.4 is 0 Å². The van der Waals surface area contributed by atoms with Gasteiger partial charge in [-0.3, -0.25) is 0 Å². The third-order valence-corrected chi connectivity index (χ3v) is 4.53. The highest BCUT2D eigenvalue weighted by Gasteiger charge is 2.29. The molecule has 4 nitrogen and oxygen atoms in total. The van der Waals surface area contributed by atoms with E-state index in [0.717, 1.165) is 23.9 Å². The summed E-state index contributed by atoms with van der Waals surface area (Å²) in [5.41, 5.74) is 2.30. The predicted octanol–water partition coefficient (Wildman–Crippen LogP) is 3.88. The molecule has 4 heteroatoms. The monoisotopic (exact) mass is 272 g/mol. The lowest BCUT2D eigenvalue weighted by Crippen LogP contribution is -2.23. The molecule has 1 N–H and O–H groups in total. The summed E-state index contributed by atoms with van der Waals surface area (Å²) in [7, 11) is 0. The number of aromatic nitrogens is 2. The van der Waals surface area contributed by atoms with Crippen molar-refractivity contribution in [2.24, 2.45) is 5.41 Å². The van der Waals surface area contributed by atoms with Gasteiger partial charge in [0, 0.05) is 6.04 Å². The van der Waals surface area contributed by atoms with Crippen LogP contribution in [0.15, 0.2) is 24.5 Å². The van der Waals surface area contributed by atoms with Gasteiger partial charge in [-0.2, -0.15) is 0 Å². The van der Waals surface area contributed by atoms with E-state index in [9.17, 15) is 9.90 Å². The predicted molar refractivity (Wildman–Crippen MR) is 78.0 cm³/mol. The number of benzene rings is 1. The van der Waals surface area contributed by atoms with E-state index in [1.54, 1.807) is 18.5 Å². The van der Waals surface area contributed by atoms with Crippen molar-refractivity contribution in [3.8, 4) is 0 Å². The van der Waals surface area contributed by atoms with Crippen molar-refractivity contribution < 1.29 is 9.90 Å². The number of rotatable bonds is 2. The van der Waals surface area contributed by atoms with Crippen LogP contribution >= 0.6 is 0 Å². The number of aromatic carboxylic acids is 1. The van der Waals surface area contributed by atoms with Gasteiger partial charge in [0.2, 0.25) is 0 Å². The first kappa shape index (κ1) is 13.2. The summed E-state index contributed by atoms with van der Waals surface area (Å²) in [5, 5.41) is 9.37. The fraction of sp³-hybridized carbons (Fsp3) is 0.500. The molecule has 0 saturated heterocycles. The van der Waals surface area contributed by atoms with E-state index in [1.807, 2.05) is 6.07 Å². The van der Waals surface area contributed by atoms with Crippen molar-refractivity contribution in [3.63, 3.8) is 0 Å². The van der Waals surface area contributed by atoms with Gasteiger partial charge in [0.1, 0.15) is 0 Å². The molecule has 0 unspecified atom stereocenters. The van der Waals surface area contributed by atoms with Gasteiger partial charge in [-0.1, -0.05) is 19.9 Å². The minimum Gasteiger partial charge on any atom is -0.478 e. The largest absolute Gasteiger partial charge is 0.478 e. The number of hydrogen-bond donors (Lipinski definition) is 1. The third-order valence-electron chi connectivity index (χ3n) is 4.53. The van der Waals surface area contributed by atoms with Crippen LogP contribution in [0.3, 0.4) is 0 Å². The molecule has 1 saturated carbocycles. The maximum Gasteiger partial charge on any atom is 0.337 e. The zero-order chi connectivity index (χ0) is 14.3.